The van der Waals surface area contributed by atoms with Gasteiger partial charge in [-0.05, 0) is 44.7 Å². The van der Waals surface area contributed by atoms with Crippen LogP contribution in [0.3, 0.4) is 0 Å². The number of aromatic nitrogens is 2. The van der Waals surface area contributed by atoms with E-state index in [1.165, 1.54) is 16.7 Å². The van der Waals surface area contributed by atoms with Gasteiger partial charge in [0.05, 0.1) is 12.2 Å². The molecule has 0 bridgehead atoms. The third kappa shape index (κ3) is 3.97. The molecule has 0 saturated heterocycles. The Kier molecular flexibility index (Phi) is 5.36. The Bertz CT molecular complexity index is 646. The molecule has 4 heteroatoms. The largest absolute Gasteiger partial charge is 0.311 e. The highest BCUT2D eigenvalue weighted by molar-refractivity contribution is 5.90. The van der Waals surface area contributed by atoms with E-state index in [9.17, 15) is 4.79 Å². The molecule has 0 aliphatic heterocycles. The maximum absolute atomic E-state index is 12.2. The van der Waals surface area contributed by atoms with Gasteiger partial charge in [-0.1, -0.05) is 30.7 Å². The molecule has 0 radical (unpaired) electrons. The van der Waals surface area contributed by atoms with Crippen molar-refractivity contribution in [2.24, 2.45) is 0 Å². The van der Waals surface area contributed by atoms with Crippen LogP contribution in [0.1, 0.15) is 49.4 Å². The van der Waals surface area contributed by atoms with Crippen molar-refractivity contribution in [3.63, 3.8) is 0 Å². The predicted molar refractivity (Wildman–Crippen MR) is 90.1 cm³/mol. The van der Waals surface area contributed by atoms with Gasteiger partial charge in [0, 0.05) is 12.5 Å². The first-order valence-electron chi connectivity index (χ1n) is 7.90. The monoisotopic (exact) mass is 299 g/mol. The number of nitrogens with one attached hydrogen (secondary N) is 1. The molecular formula is C18H25N3O. The summed E-state index contributed by atoms with van der Waals surface area (Å²) in [5.41, 5.74) is 3.73. The SMILES string of the molecule is CCC(C)n1nccc1NC(=O)CCc1ccc(C)cc1C. The van der Waals surface area contributed by atoms with E-state index in [1.54, 1.807) is 6.20 Å². The van der Waals surface area contributed by atoms with Gasteiger partial charge in [-0.2, -0.15) is 5.10 Å². The van der Waals surface area contributed by atoms with Gasteiger partial charge in [0.15, 0.2) is 0 Å². The summed E-state index contributed by atoms with van der Waals surface area (Å²) in [6, 6.07) is 8.50. The fourth-order valence-electron chi connectivity index (χ4n) is 2.52. The molecule has 1 atom stereocenters. The molecule has 0 spiro atoms. The molecule has 1 heterocycles. The maximum atomic E-state index is 12.2. The number of anilines is 1. The normalized spacial score (nSPS) is 12.2. The Morgan fingerprint density at radius 2 is 2.09 bits per heavy atom. The number of carbonyl (C=O) groups is 1. The summed E-state index contributed by atoms with van der Waals surface area (Å²) in [5.74, 6) is 0.810. The van der Waals surface area contributed by atoms with Crippen molar-refractivity contribution >= 4 is 11.7 Å². The van der Waals surface area contributed by atoms with E-state index in [-0.39, 0.29) is 11.9 Å². The number of hydrogen-bond acceptors (Lipinski definition) is 2. The van der Waals surface area contributed by atoms with E-state index < -0.39 is 0 Å². The van der Waals surface area contributed by atoms with Gasteiger partial charge in [-0.15, -0.1) is 0 Å². The molecule has 1 aromatic heterocycles. The molecule has 0 fully saturated rings. The van der Waals surface area contributed by atoms with E-state index in [4.69, 9.17) is 0 Å². The smallest absolute Gasteiger partial charge is 0.225 e. The zero-order valence-corrected chi connectivity index (χ0v) is 13.9. The Hall–Kier alpha value is -2.10. The topological polar surface area (TPSA) is 46.9 Å². The van der Waals surface area contributed by atoms with Gasteiger partial charge in [-0.25, -0.2) is 4.68 Å². The number of hydrogen-bond donors (Lipinski definition) is 1. The minimum absolute atomic E-state index is 0.0324. The van der Waals surface area contributed by atoms with Crippen LogP contribution in [0.4, 0.5) is 5.82 Å². The van der Waals surface area contributed by atoms with Gasteiger partial charge < -0.3 is 5.32 Å². The van der Waals surface area contributed by atoms with Crippen molar-refractivity contribution in [1.29, 1.82) is 0 Å². The van der Waals surface area contributed by atoms with Crippen molar-refractivity contribution in [3.05, 3.63) is 47.2 Å². The molecule has 22 heavy (non-hydrogen) atoms. The van der Waals surface area contributed by atoms with Crippen LogP contribution in [0.5, 0.6) is 0 Å². The lowest BCUT2D eigenvalue weighted by Crippen LogP contribution is -2.17. The molecule has 118 valence electrons. The highest BCUT2D eigenvalue weighted by Crippen LogP contribution is 2.17. The van der Waals surface area contributed by atoms with Gasteiger partial charge in [0.1, 0.15) is 5.82 Å². The Morgan fingerprint density at radius 1 is 1.32 bits per heavy atom. The maximum Gasteiger partial charge on any atom is 0.225 e. The summed E-state index contributed by atoms with van der Waals surface area (Å²) in [7, 11) is 0. The summed E-state index contributed by atoms with van der Waals surface area (Å²) >= 11 is 0. The number of nitrogens with zero attached hydrogens (tertiary/aromatic N) is 2. The first-order valence-corrected chi connectivity index (χ1v) is 7.90. The summed E-state index contributed by atoms with van der Waals surface area (Å²) in [5, 5.41) is 7.25. The van der Waals surface area contributed by atoms with Crippen LogP contribution in [0.25, 0.3) is 0 Å². The van der Waals surface area contributed by atoms with Crippen molar-refractivity contribution in [2.45, 2.75) is 53.0 Å². The molecule has 4 nitrogen and oxygen atoms in total. The number of carbonyl (C=O) groups excluding carboxylic acids is 1. The minimum Gasteiger partial charge on any atom is -0.311 e. The number of benzene rings is 1. The minimum atomic E-state index is 0.0324. The molecule has 2 aromatic rings. The first-order chi connectivity index (χ1) is 10.5. The lowest BCUT2D eigenvalue weighted by Gasteiger charge is -2.14. The zero-order chi connectivity index (χ0) is 16.1. The number of aryl methyl sites for hydroxylation is 3. The summed E-state index contributed by atoms with van der Waals surface area (Å²) in [6.07, 6.45) is 3.95. The lowest BCUT2D eigenvalue weighted by atomic mass is 10.0. The van der Waals surface area contributed by atoms with E-state index in [0.29, 0.717) is 6.42 Å². The second-order valence-corrected chi connectivity index (χ2v) is 5.90. The lowest BCUT2D eigenvalue weighted by molar-refractivity contribution is -0.116. The summed E-state index contributed by atoms with van der Waals surface area (Å²) < 4.78 is 1.87. The van der Waals surface area contributed by atoms with Gasteiger partial charge in [-0.3, -0.25) is 4.79 Å². The van der Waals surface area contributed by atoms with Gasteiger partial charge in [0.2, 0.25) is 5.91 Å². The van der Waals surface area contributed by atoms with Crippen LogP contribution in [0.15, 0.2) is 30.5 Å². The van der Waals surface area contributed by atoms with Crippen LogP contribution < -0.4 is 5.32 Å². The van der Waals surface area contributed by atoms with Crippen LogP contribution in [-0.4, -0.2) is 15.7 Å². The molecule has 1 unspecified atom stereocenters. The van der Waals surface area contributed by atoms with Crippen LogP contribution in [0, 0.1) is 13.8 Å². The Labute approximate surface area is 132 Å². The predicted octanol–water partition coefficient (Wildman–Crippen LogP) is 4.04. The van der Waals surface area contributed by atoms with E-state index >= 15 is 0 Å². The van der Waals surface area contributed by atoms with Gasteiger partial charge >= 0.3 is 0 Å². The highest BCUT2D eigenvalue weighted by atomic mass is 16.1. The zero-order valence-electron chi connectivity index (χ0n) is 13.9. The van der Waals surface area contributed by atoms with Crippen LogP contribution >= 0.6 is 0 Å². The number of rotatable bonds is 6. The fraction of sp³-hybridized carbons (Fsp3) is 0.444. The molecule has 1 amide bonds. The van der Waals surface area contributed by atoms with E-state index in [1.807, 2.05) is 10.7 Å². The standard InChI is InChI=1S/C18H25N3O/c1-5-15(4)21-17(10-11-19-21)20-18(22)9-8-16-7-6-13(2)12-14(16)3/h6-7,10-12,15H,5,8-9H2,1-4H3,(H,20,22). The fourth-order valence-corrected chi connectivity index (χ4v) is 2.52. The van der Waals surface area contributed by atoms with E-state index in [0.717, 1.165) is 18.7 Å². The number of amides is 1. The first kappa shape index (κ1) is 16.3. The van der Waals surface area contributed by atoms with Crippen molar-refractivity contribution in [2.75, 3.05) is 5.32 Å². The molecule has 0 aliphatic rings. The quantitative estimate of drug-likeness (QED) is 0.875. The van der Waals surface area contributed by atoms with Crippen molar-refractivity contribution in [3.8, 4) is 0 Å². The average molecular weight is 299 g/mol. The molecule has 1 N–H and O–H groups in total. The summed E-state index contributed by atoms with van der Waals surface area (Å²) in [4.78, 5) is 12.2. The third-order valence-corrected chi connectivity index (χ3v) is 4.07. The van der Waals surface area contributed by atoms with Crippen molar-refractivity contribution < 1.29 is 4.79 Å². The van der Waals surface area contributed by atoms with Gasteiger partial charge in [0.25, 0.3) is 0 Å². The Morgan fingerprint density at radius 3 is 2.77 bits per heavy atom. The highest BCUT2D eigenvalue weighted by Gasteiger charge is 2.11. The van der Waals surface area contributed by atoms with Crippen molar-refractivity contribution in [1.82, 2.24) is 9.78 Å². The molecule has 2 rings (SSSR count). The van der Waals surface area contributed by atoms with Crippen LogP contribution in [0.2, 0.25) is 0 Å². The third-order valence-electron chi connectivity index (χ3n) is 4.07. The molecule has 0 aliphatic carbocycles. The second kappa shape index (κ2) is 7.25. The molecule has 0 saturated carbocycles. The Balaban J connectivity index is 1.95. The summed E-state index contributed by atoms with van der Waals surface area (Å²) in [6.45, 7) is 8.38. The van der Waals surface area contributed by atoms with Crippen LogP contribution in [-0.2, 0) is 11.2 Å². The van der Waals surface area contributed by atoms with E-state index in [2.05, 4.69) is 56.3 Å². The second-order valence-electron chi connectivity index (χ2n) is 5.90. The average Bonchev–Trinajstić information content (AvgIpc) is 2.93. The molecular weight excluding hydrogens is 274 g/mol. The molecule has 1 aromatic carbocycles.